The van der Waals surface area contributed by atoms with E-state index >= 15 is 0 Å². The Bertz CT molecular complexity index is 766. The molecule has 7 nitrogen and oxygen atoms in total. The van der Waals surface area contributed by atoms with Gasteiger partial charge in [-0.1, -0.05) is 25.9 Å². The van der Waals surface area contributed by atoms with Gasteiger partial charge in [0.15, 0.2) is 0 Å². The van der Waals surface area contributed by atoms with Crippen LogP contribution in [0.2, 0.25) is 0 Å². The molecule has 0 N–H and O–H groups in total. The number of nitrogens with zero attached hydrogens (tertiary/aromatic N) is 4. The lowest BCUT2D eigenvalue weighted by atomic mass is 9.91. The third kappa shape index (κ3) is 3.86. The molecule has 0 aromatic carbocycles. The van der Waals surface area contributed by atoms with Crippen LogP contribution in [0.5, 0.6) is 5.88 Å². The third-order valence-electron chi connectivity index (χ3n) is 4.43. The molecule has 26 heavy (non-hydrogen) atoms. The van der Waals surface area contributed by atoms with Crippen LogP contribution in [-0.4, -0.2) is 45.6 Å². The Labute approximate surface area is 153 Å². The molecular formula is C19H26N4O3. The number of ether oxygens (including phenoxy) is 1. The van der Waals surface area contributed by atoms with Gasteiger partial charge in [-0.2, -0.15) is 4.98 Å². The molecule has 1 fully saturated rings. The Morgan fingerprint density at radius 2 is 2.23 bits per heavy atom. The summed E-state index contributed by atoms with van der Waals surface area (Å²) < 4.78 is 11.1. The molecular weight excluding hydrogens is 332 g/mol. The van der Waals surface area contributed by atoms with Crippen molar-refractivity contribution in [1.82, 2.24) is 20.0 Å². The molecule has 7 heteroatoms. The summed E-state index contributed by atoms with van der Waals surface area (Å²) in [5, 5.41) is 4.11. The van der Waals surface area contributed by atoms with E-state index in [0.717, 1.165) is 19.4 Å². The second-order valence-corrected chi connectivity index (χ2v) is 7.59. The first-order chi connectivity index (χ1) is 12.4. The van der Waals surface area contributed by atoms with Gasteiger partial charge in [0.1, 0.15) is 0 Å². The smallest absolute Gasteiger partial charge is 0.231 e. The van der Waals surface area contributed by atoms with E-state index in [1.165, 1.54) is 0 Å². The summed E-state index contributed by atoms with van der Waals surface area (Å²) in [6, 6.07) is 3.68. The first kappa shape index (κ1) is 18.4. The van der Waals surface area contributed by atoms with E-state index in [1.54, 1.807) is 6.20 Å². The molecule has 140 valence electrons. The molecule has 1 aliphatic rings. The van der Waals surface area contributed by atoms with Crippen LogP contribution >= 0.6 is 0 Å². The fourth-order valence-corrected chi connectivity index (χ4v) is 3.16. The lowest BCUT2D eigenvalue weighted by molar-refractivity contribution is -0.140. The lowest BCUT2D eigenvalue weighted by Crippen LogP contribution is -2.44. The highest BCUT2D eigenvalue weighted by molar-refractivity contribution is 5.81. The van der Waals surface area contributed by atoms with Crippen LogP contribution in [0.25, 0.3) is 11.4 Å². The molecule has 0 spiro atoms. The first-order valence-corrected chi connectivity index (χ1v) is 9.11. The van der Waals surface area contributed by atoms with E-state index in [4.69, 9.17) is 9.26 Å². The van der Waals surface area contributed by atoms with Gasteiger partial charge in [0, 0.05) is 24.7 Å². The number of likely N-dealkylation sites (tertiary alicyclic amines) is 1. The molecule has 1 saturated heterocycles. The average Bonchev–Trinajstić information content (AvgIpc) is 3.11. The van der Waals surface area contributed by atoms with E-state index in [2.05, 4.69) is 15.1 Å². The van der Waals surface area contributed by atoms with Gasteiger partial charge in [0.25, 0.3) is 0 Å². The molecule has 1 unspecified atom stereocenters. The van der Waals surface area contributed by atoms with Crippen molar-refractivity contribution in [3.8, 4) is 17.3 Å². The lowest BCUT2D eigenvalue weighted by Gasteiger charge is -2.35. The van der Waals surface area contributed by atoms with Gasteiger partial charge in [-0.3, -0.25) is 4.79 Å². The summed E-state index contributed by atoms with van der Waals surface area (Å²) >= 11 is 0. The number of pyridine rings is 1. The SMILES string of the molecule is CCOc1ncccc1-c1noc(C2CCCN(C(=O)C(C)(C)C)C2)n1. The Balaban J connectivity index is 1.79. The molecule has 3 rings (SSSR count). The third-order valence-corrected chi connectivity index (χ3v) is 4.43. The van der Waals surface area contributed by atoms with Crippen LogP contribution in [0.15, 0.2) is 22.9 Å². The zero-order chi connectivity index (χ0) is 18.7. The molecule has 0 saturated carbocycles. The topological polar surface area (TPSA) is 81.4 Å². The minimum atomic E-state index is -0.385. The average molecular weight is 358 g/mol. The second kappa shape index (κ2) is 7.43. The van der Waals surface area contributed by atoms with E-state index < -0.39 is 0 Å². The molecule has 2 aromatic heterocycles. The van der Waals surface area contributed by atoms with E-state index in [-0.39, 0.29) is 17.2 Å². The highest BCUT2D eigenvalue weighted by Crippen LogP contribution is 2.31. The molecule has 0 radical (unpaired) electrons. The maximum atomic E-state index is 12.6. The van der Waals surface area contributed by atoms with Crippen LogP contribution in [0, 0.1) is 5.41 Å². The molecule has 3 heterocycles. The number of carbonyl (C=O) groups excluding carboxylic acids is 1. The van der Waals surface area contributed by atoms with Crippen LogP contribution in [0.1, 0.15) is 52.3 Å². The Morgan fingerprint density at radius 1 is 1.42 bits per heavy atom. The standard InChI is InChI=1S/C19H26N4O3/c1-5-25-17-14(9-6-10-20-17)15-21-16(26-22-15)13-8-7-11-23(12-13)18(24)19(2,3)4/h6,9-10,13H,5,7-8,11-12H2,1-4H3. The van der Waals surface area contributed by atoms with Gasteiger partial charge in [0.2, 0.25) is 23.5 Å². The van der Waals surface area contributed by atoms with Gasteiger partial charge in [0.05, 0.1) is 18.1 Å². The number of piperidine rings is 1. The summed E-state index contributed by atoms with van der Waals surface area (Å²) in [5.74, 6) is 1.75. The molecule has 1 amide bonds. The molecule has 2 aromatic rings. The van der Waals surface area contributed by atoms with Crippen molar-refractivity contribution >= 4 is 5.91 Å². The number of hydrogen-bond acceptors (Lipinski definition) is 6. The van der Waals surface area contributed by atoms with E-state index in [0.29, 0.717) is 36.3 Å². The maximum absolute atomic E-state index is 12.6. The van der Waals surface area contributed by atoms with Crippen molar-refractivity contribution in [2.75, 3.05) is 19.7 Å². The highest BCUT2D eigenvalue weighted by Gasteiger charge is 2.33. The first-order valence-electron chi connectivity index (χ1n) is 9.11. The van der Waals surface area contributed by atoms with Crippen LogP contribution in [0.3, 0.4) is 0 Å². The van der Waals surface area contributed by atoms with Crippen molar-refractivity contribution < 1.29 is 14.1 Å². The van der Waals surface area contributed by atoms with Crippen molar-refractivity contribution in [3.63, 3.8) is 0 Å². The van der Waals surface area contributed by atoms with Crippen molar-refractivity contribution in [3.05, 3.63) is 24.2 Å². The van der Waals surface area contributed by atoms with Gasteiger partial charge >= 0.3 is 0 Å². The quantitative estimate of drug-likeness (QED) is 0.834. The van der Waals surface area contributed by atoms with Crippen molar-refractivity contribution in [2.45, 2.75) is 46.5 Å². The predicted octanol–water partition coefficient (Wildman–Crippen LogP) is 3.28. The van der Waals surface area contributed by atoms with E-state index in [9.17, 15) is 4.79 Å². The normalized spacial score (nSPS) is 18.0. The van der Waals surface area contributed by atoms with Crippen LogP contribution in [-0.2, 0) is 4.79 Å². The summed E-state index contributed by atoms with van der Waals surface area (Å²) in [5.41, 5.74) is 0.326. The number of amides is 1. The minimum absolute atomic E-state index is 0.0588. The van der Waals surface area contributed by atoms with Crippen molar-refractivity contribution in [2.24, 2.45) is 5.41 Å². The van der Waals surface area contributed by atoms with Crippen LogP contribution in [0.4, 0.5) is 0 Å². The molecule has 1 atom stereocenters. The number of carbonyl (C=O) groups is 1. The zero-order valence-corrected chi connectivity index (χ0v) is 15.9. The number of aromatic nitrogens is 3. The molecule has 0 bridgehead atoms. The van der Waals surface area contributed by atoms with Gasteiger partial charge in [-0.05, 0) is 31.9 Å². The summed E-state index contributed by atoms with van der Waals surface area (Å²) in [6.07, 6.45) is 3.54. The highest BCUT2D eigenvalue weighted by atomic mass is 16.5. The summed E-state index contributed by atoms with van der Waals surface area (Å²) in [6.45, 7) is 9.65. The fraction of sp³-hybridized carbons (Fsp3) is 0.579. The van der Waals surface area contributed by atoms with Crippen LogP contribution < -0.4 is 4.74 Å². The molecule has 1 aliphatic heterocycles. The Morgan fingerprint density at radius 3 is 2.96 bits per heavy atom. The Hall–Kier alpha value is -2.44. The molecule has 0 aliphatic carbocycles. The van der Waals surface area contributed by atoms with E-state index in [1.807, 2.05) is 44.7 Å². The maximum Gasteiger partial charge on any atom is 0.231 e. The second-order valence-electron chi connectivity index (χ2n) is 7.59. The fourth-order valence-electron chi connectivity index (χ4n) is 3.16. The van der Waals surface area contributed by atoms with Gasteiger partial charge in [-0.15, -0.1) is 0 Å². The monoisotopic (exact) mass is 358 g/mol. The Kier molecular flexibility index (Phi) is 5.25. The predicted molar refractivity (Wildman–Crippen MR) is 96.7 cm³/mol. The largest absolute Gasteiger partial charge is 0.477 e. The zero-order valence-electron chi connectivity index (χ0n) is 15.9. The number of rotatable bonds is 4. The van der Waals surface area contributed by atoms with Gasteiger partial charge in [-0.25, -0.2) is 4.98 Å². The summed E-state index contributed by atoms with van der Waals surface area (Å²) in [7, 11) is 0. The van der Waals surface area contributed by atoms with Gasteiger partial charge < -0.3 is 14.2 Å². The summed E-state index contributed by atoms with van der Waals surface area (Å²) in [4.78, 5) is 23.3. The van der Waals surface area contributed by atoms with Crippen molar-refractivity contribution in [1.29, 1.82) is 0 Å². The number of hydrogen-bond donors (Lipinski definition) is 0. The minimum Gasteiger partial charge on any atom is -0.477 e.